The molecule has 1 aliphatic rings. The molecule has 0 aromatic carbocycles. The normalized spacial score (nSPS) is 21.1. The molecular formula is C13H21N3O2S. The molecule has 5 nitrogen and oxygen atoms in total. The molecule has 0 aliphatic carbocycles. The van der Waals surface area contributed by atoms with Gasteiger partial charge in [0.2, 0.25) is 5.91 Å². The molecule has 6 heteroatoms. The Morgan fingerprint density at radius 1 is 1.58 bits per heavy atom. The predicted octanol–water partition coefficient (Wildman–Crippen LogP) is 1.84. The fourth-order valence-corrected chi connectivity index (χ4v) is 3.19. The molecular weight excluding hydrogens is 262 g/mol. The van der Waals surface area contributed by atoms with Gasteiger partial charge >= 0.3 is 0 Å². The number of aromatic nitrogens is 1. The van der Waals surface area contributed by atoms with Crippen LogP contribution in [0.15, 0.2) is 5.38 Å². The predicted molar refractivity (Wildman–Crippen MR) is 76.2 cm³/mol. The summed E-state index contributed by atoms with van der Waals surface area (Å²) in [5.41, 5.74) is 0.967. The first-order chi connectivity index (χ1) is 9.19. The molecule has 1 aromatic heterocycles. The van der Waals surface area contributed by atoms with Gasteiger partial charge in [-0.05, 0) is 19.4 Å². The third kappa shape index (κ3) is 4.26. The Morgan fingerprint density at radius 3 is 3.16 bits per heavy atom. The zero-order valence-electron chi connectivity index (χ0n) is 11.3. The third-order valence-corrected chi connectivity index (χ3v) is 4.22. The van der Waals surface area contributed by atoms with Gasteiger partial charge in [0.15, 0.2) is 5.13 Å². The van der Waals surface area contributed by atoms with Crippen LogP contribution in [0.5, 0.6) is 0 Å². The summed E-state index contributed by atoms with van der Waals surface area (Å²) in [6.07, 6.45) is 4.66. The van der Waals surface area contributed by atoms with Crippen LogP contribution in [0.2, 0.25) is 0 Å². The van der Waals surface area contributed by atoms with Crippen LogP contribution >= 0.6 is 11.3 Å². The number of rotatable bonds is 4. The van der Waals surface area contributed by atoms with E-state index < -0.39 is 0 Å². The number of nitrogens with zero attached hydrogens (tertiary/aromatic N) is 2. The van der Waals surface area contributed by atoms with Gasteiger partial charge in [-0.3, -0.25) is 9.69 Å². The number of carbonyl (C=O) groups excluding carboxylic acids is 1. The van der Waals surface area contributed by atoms with Crippen LogP contribution in [-0.4, -0.2) is 40.1 Å². The molecule has 1 amide bonds. The number of hydrogen-bond donors (Lipinski definition) is 2. The minimum Gasteiger partial charge on any atom is -0.395 e. The van der Waals surface area contributed by atoms with Crippen molar-refractivity contribution < 1.29 is 9.90 Å². The average molecular weight is 283 g/mol. The van der Waals surface area contributed by atoms with Crippen LogP contribution in [0.1, 0.15) is 38.3 Å². The summed E-state index contributed by atoms with van der Waals surface area (Å²) in [6, 6.07) is 0.244. The molecule has 1 aromatic rings. The third-order valence-electron chi connectivity index (χ3n) is 3.41. The Balaban J connectivity index is 1.97. The number of aliphatic hydroxyl groups excluding tert-OH is 1. The topological polar surface area (TPSA) is 65.5 Å². The zero-order chi connectivity index (χ0) is 13.7. The standard InChI is InChI=1S/C13H21N3O2S/c1-10(18)14-13-15-11(9-19-13)7-16-6-4-2-3-5-12(16)8-17/h9,12,17H,2-8H2,1H3,(H,14,15,18). The van der Waals surface area contributed by atoms with Gasteiger partial charge in [0.25, 0.3) is 0 Å². The summed E-state index contributed by atoms with van der Waals surface area (Å²) in [4.78, 5) is 17.7. The summed E-state index contributed by atoms with van der Waals surface area (Å²) in [7, 11) is 0. The molecule has 1 atom stereocenters. The van der Waals surface area contributed by atoms with Gasteiger partial charge in [-0.2, -0.15) is 0 Å². The van der Waals surface area contributed by atoms with E-state index in [2.05, 4.69) is 15.2 Å². The van der Waals surface area contributed by atoms with Gasteiger partial charge in [0.05, 0.1) is 12.3 Å². The highest BCUT2D eigenvalue weighted by Gasteiger charge is 2.21. The number of nitrogens with one attached hydrogen (secondary N) is 1. The lowest BCUT2D eigenvalue weighted by atomic mass is 10.1. The molecule has 2 rings (SSSR count). The number of likely N-dealkylation sites (tertiary alicyclic amines) is 1. The van der Waals surface area contributed by atoms with Crippen molar-refractivity contribution in [3.05, 3.63) is 11.1 Å². The lowest BCUT2D eigenvalue weighted by Gasteiger charge is -2.27. The first-order valence-corrected chi connectivity index (χ1v) is 7.64. The molecule has 1 unspecified atom stereocenters. The highest BCUT2D eigenvalue weighted by atomic mass is 32.1. The molecule has 0 radical (unpaired) electrons. The minimum atomic E-state index is -0.0936. The average Bonchev–Trinajstić information content (AvgIpc) is 2.67. The lowest BCUT2D eigenvalue weighted by molar-refractivity contribution is -0.114. The quantitative estimate of drug-likeness (QED) is 0.885. The second-order valence-electron chi connectivity index (χ2n) is 4.98. The largest absolute Gasteiger partial charge is 0.395 e. The Bertz CT molecular complexity index is 422. The molecule has 2 N–H and O–H groups in total. The molecule has 1 aliphatic heterocycles. The van der Waals surface area contributed by atoms with Gasteiger partial charge in [0.1, 0.15) is 0 Å². The van der Waals surface area contributed by atoms with Crippen LogP contribution in [0.4, 0.5) is 5.13 Å². The summed E-state index contributed by atoms with van der Waals surface area (Å²) in [5.74, 6) is -0.0936. The van der Waals surface area contributed by atoms with Gasteiger partial charge in [-0.25, -0.2) is 4.98 Å². The molecule has 2 heterocycles. The second-order valence-corrected chi connectivity index (χ2v) is 5.84. The fourth-order valence-electron chi connectivity index (χ4n) is 2.45. The van der Waals surface area contributed by atoms with Gasteiger partial charge in [0, 0.05) is 24.9 Å². The molecule has 19 heavy (non-hydrogen) atoms. The number of aliphatic hydroxyl groups is 1. The van der Waals surface area contributed by atoms with E-state index in [-0.39, 0.29) is 18.6 Å². The molecule has 1 saturated heterocycles. The van der Waals surface area contributed by atoms with Crippen molar-refractivity contribution in [1.82, 2.24) is 9.88 Å². The molecule has 0 saturated carbocycles. The van der Waals surface area contributed by atoms with Crippen LogP contribution in [0, 0.1) is 0 Å². The van der Waals surface area contributed by atoms with Crippen molar-refractivity contribution in [3.63, 3.8) is 0 Å². The van der Waals surface area contributed by atoms with Gasteiger partial charge in [-0.15, -0.1) is 11.3 Å². The Labute approximate surface area is 117 Å². The van der Waals surface area contributed by atoms with Gasteiger partial charge < -0.3 is 10.4 Å². The van der Waals surface area contributed by atoms with E-state index >= 15 is 0 Å². The van der Waals surface area contributed by atoms with Crippen molar-refractivity contribution in [2.24, 2.45) is 0 Å². The maximum atomic E-state index is 11.0. The number of thiazole rings is 1. The fraction of sp³-hybridized carbons (Fsp3) is 0.692. The van der Waals surface area contributed by atoms with E-state index in [1.165, 1.54) is 37.5 Å². The Kier molecular flexibility index (Phi) is 5.30. The molecule has 106 valence electrons. The van der Waals surface area contributed by atoms with E-state index in [1.807, 2.05) is 5.38 Å². The first-order valence-electron chi connectivity index (χ1n) is 6.76. The summed E-state index contributed by atoms with van der Waals surface area (Å²) in [5, 5.41) is 14.8. The van der Waals surface area contributed by atoms with Crippen molar-refractivity contribution in [1.29, 1.82) is 0 Å². The summed E-state index contributed by atoms with van der Waals surface area (Å²) < 4.78 is 0. The monoisotopic (exact) mass is 283 g/mol. The smallest absolute Gasteiger partial charge is 0.223 e. The first kappa shape index (κ1) is 14.4. The number of carbonyl (C=O) groups is 1. The highest BCUT2D eigenvalue weighted by Crippen LogP contribution is 2.21. The molecule has 0 spiro atoms. The van der Waals surface area contributed by atoms with Crippen molar-refractivity contribution >= 4 is 22.4 Å². The van der Waals surface area contributed by atoms with E-state index in [9.17, 15) is 9.90 Å². The maximum absolute atomic E-state index is 11.0. The van der Waals surface area contributed by atoms with Crippen molar-refractivity contribution in [3.8, 4) is 0 Å². The van der Waals surface area contributed by atoms with Gasteiger partial charge in [-0.1, -0.05) is 12.8 Å². The summed E-state index contributed by atoms with van der Waals surface area (Å²) in [6.45, 7) is 3.46. The van der Waals surface area contributed by atoms with E-state index in [0.29, 0.717) is 5.13 Å². The maximum Gasteiger partial charge on any atom is 0.223 e. The van der Waals surface area contributed by atoms with Crippen LogP contribution < -0.4 is 5.32 Å². The number of hydrogen-bond acceptors (Lipinski definition) is 5. The summed E-state index contributed by atoms with van der Waals surface area (Å²) >= 11 is 1.45. The molecule has 1 fully saturated rings. The van der Waals surface area contributed by atoms with Crippen LogP contribution in [0.3, 0.4) is 0 Å². The SMILES string of the molecule is CC(=O)Nc1nc(CN2CCCCCC2CO)cs1. The van der Waals surface area contributed by atoms with E-state index in [4.69, 9.17) is 0 Å². The number of anilines is 1. The Morgan fingerprint density at radius 2 is 2.42 bits per heavy atom. The second kappa shape index (κ2) is 6.98. The highest BCUT2D eigenvalue weighted by molar-refractivity contribution is 7.13. The van der Waals surface area contributed by atoms with Crippen LogP contribution in [0.25, 0.3) is 0 Å². The zero-order valence-corrected chi connectivity index (χ0v) is 12.1. The van der Waals surface area contributed by atoms with E-state index in [0.717, 1.165) is 25.2 Å². The lowest BCUT2D eigenvalue weighted by Crippen LogP contribution is -2.37. The van der Waals surface area contributed by atoms with Crippen LogP contribution in [-0.2, 0) is 11.3 Å². The Hall–Kier alpha value is -0.980. The van der Waals surface area contributed by atoms with Crippen molar-refractivity contribution in [2.45, 2.75) is 45.2 Å². The minimum absolute atomic E-state index is 0.0936. The van der Waals surface area contributed by atoms with E-state index in [1.54, 1.807) is 0 Å². The number of amides is 1. The van der Waals surface area contributed by atoms with Crippen molar-refractivity contribution in [2.75, 3.05) is 18.5 Å². The molecule has 0 bridgehead atoms.